The molecular formula is C14H17BrFN3. The van der Waals surface area contributed by atoms with Crippen molar-refractivity contribution in [3.8, 4) is 0 Å². The van der Waals surface area contributed by atoms with E-state index in [4.69, 9.17) is 4.98 Å². The van der Waals surface area contributed by atoms with Crippen LogP contribution in [0.15, 0.2) is 16.6 Å². The van der Waals surface area contributed by atoms with E-state index in [9.17, 15) is 4.39 Å². The van der Waals surface area contributed by atoms with Crippen LogP contribution in [0.2, 0.25) is 0 Å². The smallest absolute Gasteiger partial charge is 0.139 e. The summed E-state index contributed by atoms with van der Waals surface area (Å²) >= 11 is 3.21. The van der Waals surface area contributed by atoms with Gasteiger partial charge in [-0.3, -0.25) is 0 Å². The number of hydrogen-bond acceptors (Lipinski definition) is 2. The topological polar surface area (TPSA) is 40.7 Å². The Balaban J connectivity index is 2.09. The van der Waals surface area contributed by atoms with Crippen LogP contribution >= 0.6 is 15.9 Å². The second-order valence-electron chi connectivity index (χ2n) is 5.25. The second-order valence-corrected chi connectivity index (χ2v) is 6.11. The summed E-state index contributed by atoms with van der Waals surface area (Å²) in [6.07, 6.45) is 3.21. The molecule has 1 aliphatic rings. The van der Waals surface area contributed by atoms with Crippen LogP contribution in [0.3, 0.4) is 0 Å². The Morgan fingerprint density at radius 1 is 1.37 bits per heavy atom. The molecule has 0 spiro atoms. The zero-order chi connectivity index (χ0) is 13.5. The normalized spacial score (nSPS) is 18.9. The standard InChI is InChI=1S/C14H17BrFN3/c1-2-14(3-5-17-6-4-14)13-18-11-7-9(15)10(16)8-12(11)19-13/h7-8,17H,2-6H2,1H3,(H,18,19). The highest BCUT2D eigenvalue weighted by molar-refractivity contribution is 9.10. The van der Waals surface area contributed by atoms with E-state index in [-0.39, 0.29) is 11.2 Å². The first-order valence-corrected chi connectivity index (χ1v) is 7.50. The van der Waals surface area contributed by atoms with Crippen molar-refractivity contribution in [1.82, 2.24) is 15.3 Å². The molecule has 19 heavy (non-hydrogen) atoms. The highest BCUT2D eigenvalue weighted by Crippen LogP contribution is 2.36. The first-order valence-electron chi connectivity index (χ1n) is 6.70. The molecule has 3 nitrogen and oxygen atoms in total. The van der Waals surface area contributed by atoms with Crippen LogP contribution < -0.4 is 5.32 Å². The SMILES string of the molecule is CCC1(c2nc3cc(Br)c(F)cc3[nH]2)CCNCC1. The second kappa shape index (κ2) is 4.87. The lowest BCUT2D eigenvalue weighted by molar-refractivity contribution is 0.285. The molecule has 2 aromatic rings. The molecule has 3 rings (SSSR count). The van der Waals surface area contributed by atoms with E-state index < -0.39 is 0 Å². The van der Waals surface area contributed by atoms with Crippen LogP contribution in [0.4, 0.5) is 4.39 Å². The molecule has 2 N–H and O–H groups in total. The Morgan fingerprint density at radius 2 is 2.11 bits per heavy atom. The van der Waals surface area contributed by atoms with Gasteiger partial charge in [0.15, 0.2) is 0 Å². The predicted octanol–water partition coefficient (Wildman–Crippen LogP) is 3.50. The molecule has 0 amide bonds. The van der Waals surface area contributed by atoms with Gasteiger partial charge in [0.25, 0.3) is 0 Å². The van der Waals surface area contributed by atoms with Gasteiger partial charge in [0.2, 0.25) is 0 Å². The molecule has 1 aromatic carbocycles. The number of rotatable bonds is 2. The van der Waals surface area contributed by atoms with Gasteiger partial charge in [0.05, 0.1) is 15.5 Å². The van der Waals surface area contributed by atoms with Crippen LogP contribution in [-0.4, -0.2) is 23.1 Å². The molecule has 102 valence electrons. The largest absolute Gasteiger partial charge is 0.341 e. The maximum atomic E-state index is 13.6. The summed E-state index contributed by atoms with van der Waals surface area (Å²) in [5.41, 5.74) is 1.71. The molecule has 2 heterocycles. The Bertz CT molecular complexity index is 563. The molecule has 0 saturated carbocycles. The number of benzene rings is 1. The lowest BCUT2D eigenvalue weighted by atomic mass is 9.76. The number of nitrogens with one attached hydrogen (secondary N) is 2. The number of imidazole rings is 1. The van der Waals surface area contributed by atoms with Gasteiger partial charge in [0, 0.05) is 11.5 Å². The maximum absolute atomic E-state index is 13.6. The first-order chi connectivity index (χ1) is 9.14. The van der Waals surface area contributed by atoms with Crippen LogP contribution in [0.1, 0.15) is 32.0 Å². The number of nitrogens with zero attached hydrogens (tertiary/aromatic N) is 1. The van der Waals surface area contributed by atoms with Crippen molar-refractivity contribution >= 4 is 27.0 Å². The average Bonchev–Trinajstić information content (AvgIpc) is 2.83. The summed E-state index contributed by atoms with van der Waals surface area (Å²) in [5, 5.41) is 3.39. The third-order valence-electron chi connectivity index (χ3n) is 4.26. The Hall–Kier alpha value is -0.940. The van der Waals surface area contributed by atoms with E-state index in [1.807, 2.05) is 0 Å². The van der Waals surface area contributed by atoms with Crippen LogP contribution in [0, 0.1) is 5.82 Å². The molecule has 1 saturated heterocycles. The van der Waals surface area contributed by atoms with E-state index in [0.717, 1.165) is 49.2 Å². The summed E-state index contributed by atoms with van der Waals surface area (Å²) in [6.45, 7) is 4.24. The molecule has 5 heteroatoms. The lowest BCUT2D eigenvalue weighted by Gasteiger charge is -2.35. The van der Waals surface area contributed by atoms with Crippen molar-refractivity contribution in [2.75, 3.05) is 13.1 Å². The summed E-state index contributed by atoms with van der Waals surface area (Å²) in [7, 11) is 0. The van der Waals surface area contributed by atoms with Gasteiger partial charge in [-0.2, -0.15) is 0 Å². The molecule has 0 aliphatic carbocycles. The molecular weight excluding hydrogens is 309 g/mol. The van der Waals surface area contributed by atoms with Crippen LogP contribution in [0.25, 0.3) is 11.0 Å². The fourth-order valence-electron chi connectivity index (χ4n) is 2.92. The third kappa shape index (κ3) is 2.19. The number of fused-ring (bicyclic) bond motifs is 1. The summed E-state index contributed by atoms with van der Waals surface area (Å²) in [4.78, 5) is 8.03. The molecule has 1 fully saturated rings. The Labute approximate surface area is 120 Å². The minimum atomic E-state index is -0.251. The van der Waals surface area contributed by atoms with Crippen molar-refractivity contribution in [3.05, 3.63) is 28.2 Å². The first kappa shape index (κ1) is 13.1. The average molecular weight is 326 g/mol. The number of aromatic amines is 1. The molecule has 0 radical (unpaired) electrons. The van der Waals surface area contributed by atoms with E-state index in [0.29, 0.717) is 4.47 Å². The van der Waals surface area contributed by atoms with Crippen molar-refractivity contribution < 1.29 is 4.39 Å². The van der Waals surface area contributed by atoms with Gasteiger partial charge in [-0.1, -0.05) is 6.92 Å². The molecule has 1 aromatic heterocycles. The summed E-state index contributed by atoms with van der Waals surface area (Å²) < 4.78 is 14.0. The van der Waals surface area contributed by atoms with Crippen molar-refractivity contribution in [1.29, 1.82) is 0 Å². The number of piperidine rings is 1. The highest BCUT2D eigenvalue weighted by Gasteiger charge is 2.35. The quantitative estimate of drug-likeness (QED) is 0.887. The van der Waals surface area contributed by atoms with Gasteiger partial charge in [-0.15, -0.1) is 0 Å². The predicted molar refractivity (Wildman–Crippen MR) is 77.8 cm³/mol. The van der Waals surface area contributed by atoms with Crippen molar-refractivity contribution in [2.24, 2.45) is 0 Å². The monoisotopic (exact) mass is 325 g/mol. The minimum Gasteiger partial charge on any atom is -0.341 e. The number of hydrogen-bond donors (Lipinski definition) is 2. The van der Waals surface area contributed by atoms with Gasteiger partial charge >= 0.3 is 0 Å². The highest BCUT2D eigenvalue weighted by atomic mass is 79.9. The van der Waals surface area contributed by atoms with Gasteiger partial charge in [-0.05, 0) is 54.3 Å². The van der Waals surface area contributed by atoms with E-state index in [1.165, 1.54) is 6.07 Å². The Kier molecular flexibility index (Phi) is 3.35. The van der Waals surface area contributed by atoms with Crippen molar-refractivity contribution in [2.45, 2.75) is 31.6 Å². The molecule has 0 bridgehead atoms. The van der Waals surface area contributed by atoms with E-state index in [1.54, 1.807) is 6.07 Å². The van der Waals surface area contributed by atoms with Gasteiger partial charge in [0.1, 0.15) is 11.6 Å². The molecule has 0 unspecified atom stereocenters. The van der Waals surface area contributed by atoms with Crippen LogP contribution in [-0.2, 0) is 5.41 Å². The number of aromatic nitrogens is 2. The third-order valence-corrected chi connectivity index (χ3v) is 4.87. The zero-order valence-corrected chi connectivity index (χ0v) is 12.5. The fraction of sp³-hybridized carbons (Fsp3) is 0.500. The van der Waals surface area contributed by atoms with Gasteiger partial charge < -0.3 is 10.3 Å². The van der Waals surface area contributed by atoms with Crippen molar-refractivity contribution in [3.63, 3.8) is 0 Å². The lowest BCUT2D eigenvalue weighted by Crippen LogP contribution is -2.40. The minimum absolute atomic E-state index is 0.104. The summed E-state index contributed by atoms with van der Waals surface area (Å²) in [6, 6.07) is 3.26. The van der Waals surface area contributed by atoms with Gasteiger partial charge in [-0.25, -0.2) is 9.37 Å². The number of halogens is 2. The maximum Gasteiger partial charge on any atom is 0.139 e. The van der Waals surface area contributed by atoms with E-state index in [2.05, 4.69) is 33.2 Å². The van der Waals surface area contributed by atoms with Crippen LogP contribution in [0.5, 0.6) is 0 Å². The summed E-state index contributed by atoms with van der Waals surface area (Å²) in [5.74, 6) is 0.752. The molecule has 1 aliphatic heterocycles. The fourth-order valence-corrected chi connectivity index (χ4v) is 3.25. The van der Waals surface area contributed by atoms with E-state index >= 15 is 0 Å². The number of H-pyrrole nitrogens is 1. The zero-order valence-electron chi connectivity index (χ0n) is 10.9. The Morgan fingerprint density at radius 3 is 2.79 bits per heavy atom. The molecule has 0 atom stereocenters.